The normalized spacial score (nSPS) is 12.2. The number of aryl methyl sites for hydroxylation is 4. The number of fused-ring (bicyclic) bond motifs is 1. The first-order valence-electron chi connectivity index (χ1n) is 19.7. The number of hydrogen-bond acceptors (Lipinski definition) is 14. The van der Waals surface area contributed by atoms with E-state index in [2.05, 4.69) is 9.97 Å². The number of benzene rings is 4. The molecule has 4 aromatic carbocycles. The molecule has 0 bridgehead atoms. The molecule has 6 rings (SSSR count). The monoisotopic (exact) mass is 917 g/mol. The van der Waals surface area contributed by atoms with E-state index in [9.17, 15) is 30.6 Å². The minimum absolute atomic E-state index is 0.0327. The minimum atomic E-state index is -4.70. The highest BCUT2D eigenvalue weighted by molar-refractivity contribution is 7.91. The molecule has 0 saturated heterocycles. The molecule has 0 N–H and O–H groups in total. The van der Waals surface area contributed by atoms with E-state index in [4.69, 9.17) is 23.7 Å². The van der Waals surface area contributed by atoms with Crippen LogP contribution in [0.3, 0.4) is 0 Å². The van der Waals surface area contributed by atoms with Crippen molar-refractivity contribution < 1.29 is 54.3 Å². The second kappa shape index (κ2) is 19.9. The Morgan fingerprint density at radius 1 is 0.778 bits per heavy atom. The molecule has 0 amide bonds. The Kier molecular flexibility index (Phi) is 14.7. The smallest absolute Gasteiger partial charge is 0.344 e. The fourth-order valence-electron chi connectivity index (χ4n) is 6.57. The van der Waals surface area contributed by atoms with Gasteiger partial charge < -0.3 is 23.7 Å². The summed E-state index contributed by atoms with van der Waals surface area (Å²) in [6, 6.07) is 22.1. The summed E-state index contributed by atoms with van der Waals surface area (Å²) in [5.41, 5.74) is 4.74. The highest BCUT2D eigenvalue weighted by atomic mass is 32.2. The minimum Gasteiger partial charge on any atom is -0.497 e. The quantitative estimate of drug-likeness (QED) is 0.0638. The van der Waals surface area contributed by atoms with E-state index < -0.39 is 66.5 Å². The zero-order chi connectivity index (χ0) is 45.5. The molecule has 0 aliphatic rings. The van der Waals surface area contributed by atoms with Gasteiger partial charge in [0.15, 0.2) is 16.4 Å². The van der Waals surface area contributed by atoms with Gasteiger partial charge in [0.2, 0.25) is 5.16 Å². The highest BCUT2D eigenvalue weighted by Crippen LogP contribution is 2.32. The van der Waals surface area contributed by atoms with Crippen LogP contribution in [0.2, 0.25) is 0 Å². The van der Waals surface area contributed by atoms with E-state index >= 15 is 0 Å². The van der Waals surface area contributed by atoms with Crippen LogP contribution in [-0.2, 0) is 57.1 Å². The van der Waals surface area contributed by atoms with Crippen molar-refractivity contribution in [2.75, 3.05) is 39.8 Å². The summed E-state index contributed by atoms with van der Waals surface area (Å²) in [5.74, 6) is -1.84. The summed E-state index contributed by atoms with van der Waals surface area (Å²) in [6.45, 7) is 6.14. The van der Waals surface area contributed by atoms with E-state index in [1.807, 2.05) is 45.0 Å². The number of nitrogens with zero attached hydrogens (tertiary/aromatic N) is 3. The number of carbonyl (C=O) groups excluding carboxylic acids is 2. The largest absolute Gasteiger partial charge is 0.497 e. The van der Waals surface area contributed by atoms with Crippen molar-refractivity contribution >= 4 is 53.6 Å². The fourth-order valence-corrected chi connectivity index (χ4v) is 10.7. The van der Waals surface area contributed by atoms with Crippen LogP contribution >= 0.6 is 0 Å². The van der Waals surface area contributed by atoms with Crippen LogP contribution in [0.4, 0.5) is 0 Å². The first-order valence-corrected chi connectivity index (χ1v) is 24.1. The highest BCUT2D eigenvalue weighted by Gasteiger charge is 2.31. The molecule has 0 aliphatic heterocycles. The molecule has 1 unspecified atom stereocenters. The summed E-state index contributed by atoms with van der Waals surface area (Å²) >= 11 is 0. The van der Waals surface area contributed by atoms with Crippen LogP contribution in [0.1, 0.15) is 50.3 Å². The molecule has 0 radical (unpaired) electrons. The van der Waals surface area contributed by atoms with Crippen LogP contribution in [-0.4, -0.2) is 86.7 Å². The summed E-state index contributed by atoms with van der Waals surface area (Å²) in [4.78, 5) is 35.2. The average molecular weight is 918 g/mol. The van der Waals surface area contributed by atoms with Crippen LogP contribution in [0, 0.1) is 27.7 Å². The Bertz CT molecular complexity index is 2900. The number of carbonyl (C=O) groups is 2. The van der Waals surface area contributed by atoms with Gasteiger partial charge in [0.25, 0.3) is 10.0 Å². The number of esters is 2. The van der Waals surface area contributed by atoms with Gasteiger partial charge in [-0.2, -0.15) is 0 Å². The Morgan fingerprint density at radius 2 is 1.46 bits per heavy atom. The molecule has 18 heteroatoms. The Hall–Kier alpha value is -6.11. The van der Waals surface area contributed by atoms with Gasteiger partial charge in [0.05, 0.1) is 69.7 Å². The number of sulfone groups is 1. The molecule has 1 atom stereocenters. The number of ether oxygens (including phenoxy) is 5. The second-order valence-corrected chi connectivity index (χ2v) is 19.8. The first-order chi connectivity index (χ1) is 30.0. The molecular weight excluding hydrogens is 871 g/mol. The fraction of sp³-hybridized carbons (Fsp3) is 0.289. The van der Waals surface area contributed by atoms with Gasteiger partial charge in [0, 0.05) is 23.4 Å². The molecule has 63 heavy (non-hydrogen) atoms. The van der Waals surface area contributed by atoms with Crippen molar-refractivity contribution in [1.82, 2.24) is 13.9 Å². The van der Waals surface area contributed by atoms with Crippen molar-refractivity contribution in [2.45, 2.75) is 61.2 Å². The number of pyridine rings is 1. The van der Waals surface area contributed by atoms with Gasteiger partial charge in [-0.05, 0) is 88.6 Å². The van der Waals surface area contributed by atoms with Gasteiger partial charge in [-0.3, -0.25) is 9.19 Å². The SMILES string of the molecule is COc1ccc2c(c1)nc(S(=O)Cc1ncc(C)c(OC)c1C)n2S(=O)(=O)c1ccc(OCC(=O)OCCS(=O)(=O)c2ccc(C)cc2)c(C(=O)OCCCc2ccc(C)cc2)c1. The molecular formula is C45H47N3O12S3. The number of rotatable bonds is 19. The molecule has 0 fully saturated rings. The third-order valence-electron chi connectivity index (χ3n) is 10.0. The van der Waals surface area contributed by atoms with E-state index in [1.54, 1.807) is 25.3 Å². The maximum absolute atomic E-state index is 14.8. The molecule has 0 saturated carbocycles. The lowest BCUT2D eigenvalue weighted by Gasteiger charge is -2.15. The Labute approximate surface area is 368 Å². The standard InChI is InChI=1S/C45H47N3O12S3/c1-29-9-13-33(14-10-29)8-7-21-59-44(50)37-25-36(18-20-41(37)60-27-42(49)58-22-23-62(52,53)35-16-11-30(2)12-17-35)63(54,55)48-40-19-15-34(56-5)24-38(40)47-45(48)61(51)28-39-32(4)43(57-6)31(3)26-46-39/h9-20,24-26H,7-8,21-23,27-28H2,1-6H3. The maximum Gasteiger partial charge on any atom is 0.344 e. The predicted molar refractivity (Wildman–Crippen MR) is 235 cm³/mol. The molecule has 6 aromatic rings. The van der Waals surface area contributed by atoms with Crippen molar-refractivity contribution in [1.29, 1.82) is 0 Å². The molecule has 2 aromatic heterocycles. The van der Waals surface area contributed by atoms with Gasteiger partial charge in [0.1, 0.15) is 29.4 Å². The van der Waals surface area contributed by atoms with Crippen LogP contribution in [0.5, 0.6) is 17.2 Å². The number of aromatic nitrogens is 3. The third kappa shape index (κ3) is 10.9. The third-order valence-corrected chi connectivity index (χ3v) is 14.8. The first kappa shape index (κ1) is 46.4. The van der Waals surface area contributed by atoms with Crippen LogP contribution < -0.4 is 14.2 Å². The van der Waals surface area contributed by atoms with E-state index in [0.717, 1.165) is 38.4 Å². The Balaban J connectivity index is 1.29. The summed E-state index contributed by atoms with van der Waals surface area (Å²) in [5, 5.41) is -0.313. The molecule has 0 spiro atoms. The maximum atomic E-state index is 14.8. The lowest BCUT2D eigenvalue weighted by atomic mass is 10.1. The van der Waals surface area contributed by atoms with Gasteiger partial charge in [-0.1, -0.05) is 47.5 Å². The van der Waals surface area contributed by atoms with E-state index in [-0.39, 0.29) is 44.8 Å². The molecule has 332 valence electrons. The molecule has 0 aliphatic carbocycles. The molecule has 2 heterocycles. The summed E-state index contributed by atoms with van der Waals surface area (Å²) < 4.78 is 97.4. The zero-order valence-corrected chi connectivity index (χ0v) is 38.0. The van der Waals surface area contributed by atoms with Crippen LogP contribution in [0.15, 0.2) is 106 Å². The second-order valence-electron chi connectivity index (χ2n) is 14.6. The topological polar surface area (TPSA) is 196 Å². The van der Waals surface area contributed by atoms with Crippen molar-refractivity contribution in [2.24, 2.45) is 0 Å². The Morgan fingerprint density at radius 3 is 2.14 bits per heavy atom. The number of methoxy groups -OCH3 is 2. The average Bonchev–Trinajstić information content (AvgIpc) is 3.66. The zero-order valence-electron chi connectivity index (χ0n) is 35.6. The van der Waals surface area contributed by atoms with E-state index in [0.29, 0.717) is 35.6 Å². The van der Waals surface area contributed by atoms with Crippen LogP contribution in [0.25, 0.3) is 11.0 Å². The summed E-state index contributed by atoms with van der Waals surface area (Å²) in [7, 11) is -7.59. The van der Waals surface area contributed by atoms with E-state index in [1.165, 1.54) is 50.6 Å². The van der Waals surface area contributed by atoms with Crippen molar-refractivity contribution in [3.05, 3.63) is 130 Å². The predicted octanol–water partition coefficient (Wildman–Crippen LogP) is 6.41. The number of imidazole rings is 1. The van der Waals surface area contributed by atoms with Gasteiger partial charge >= 0.3 is 11.9 Å². The lowest BCUT2D eigenvalue weighted by molar-refractivity contribution is -0.145. The lowest BCUT2D eigenvalue weighted by Crippen LogP contribution is -2.21. The van der Waals surface area contributed by atoms with Gasteiger partial charge in [-0.25, -0.2) is 35.4 Å². The van der Waals surface area contributed by atoms with Crippen molar-refractivity contribution in [3.63, 3.8) is 0 Å². The molecule has 15 nitrogen and oxygen atoms in total. The number of hydrogen-bond donors (Lipinski definition) is 0. The van der Waals surface area contributed by atoms with Gasteiger partial charge in [-0.15, -0.1) is 0 Å². The van der Waals surface area contributed by atoms with Crippen molar-refractivity contribution in [3.8, 4) is 17.2 Å². The summed E-state index contributed by atoms with van der Waals surface area (Å²) in [6.07, 6.45) is 2.62.